The Morgan fingerprint density at radius 3 is 2.60 bits per heavy atom. The first kappa shape index (κ1) is 17.4. The summed E-state index contributed by atoms with van der Waals surface area (Å²) in [5, 5.41) is 2.83. The Balaban J connectivity index is 2.61. The van der Waals surface area contributed by atoms with Crippen LogP contribution in [0.4, 0.5) is 0 Å². The van der Waals surface area contributed by atoms with Crippen molar-refractivity contribution in [3.63, 3.8) is 0 Å². The molecular formula is C12H25N3O4S. The van der Waals surface area contributed by atoms with Gasteiger partial charge in [0.2, 0.25) is 15.9 Å². The van der Waals surface area contributed by atoms with Crippen LogP contribution in [0, 0.1) is 5.92 Å². The molecule has 0 unspecified atom stereocenters. The molecule has 0 radical (unpaired) electrons. The van der Waals surface area contributed by atoms with Gasteiger partial charge in [-0.05, 0) is 26.4 Å². The topological polar surface area (TPSA) is 79.0 Å². The average molecular weight is 307 g/mol. The number of carbonyl (C=O) groups is 1. The normalized spacial score (nSPS) is 24.9. The maximum atomic E-state index is 11.6. The molecule has 7 nitrogen and oxygen atoms in total. The van der Waals surface area contributed by atoms with Gasteiger partial charge in [0, 0.05) is 32.8 Å². The Hall–Kier alpha value is -0.700. The lowest BCUT2D eigenvalue weighted by molar-refractivity contribution is -0.125. The van der Waals surface area contributed by atoms with Gasteiger partial charge >= 0.3 is 0 Å². The third-order valence-electron chi connectivity index (χ3n) is 3.65. The predicted octanol–water partition coefficient (Wildman–Crippen LogP) is -1.04. The summed E-state index contributed by atoms with van der Waals surface area (Å²) in [4.78, 5) is 13.4. The molecular weight excluding hydrogens is 282 g/mol. The number of methoxy groups -OCH3 is 1. The van der Waals surface area contributed by atoms with Crippen LogP contribution < -0.4 is 5.32 Å². The number of amides is 1. The molecule has 0 saturated carbocycles. The van der Waals surface area contributed by atoms with Gasteiger partial charge in [-0.25, -0.2) is 12.7 Å². The van der Waals surface area contributed by atoms with E-state index < -0.39 is 10.0 Å². The van der Waals surface area contributed by atoms with Gasteiger partial charge < -0.3 is 15.0 Å². The fraction of sp³-hybridized carbons (Fsp3) is 0.917. The van der Waals surface area contributed by atoms with Crippen molar-refractivity contribution in [1.29, 1.82) is 0 Å². The Morgan fingerprint density at radius 1 is 1.45 bits per heavy atom. The molecule has 118 valence electrons. The number of likely N-dealkylation sites (N-methyl/N-ethyl adjacent to an activating group) is 1. The lowest BCUT2D eigenvalue weighted by Gasteiger charge is -2.40. The van der Waals surface area contributed by atoms with Gasteiger partial charge in [0.25, 0.3) is 0 Å². The second-order valence-corrected chi connectivity index (χ2v) is 7.42. The largest absolute Gasteiger partial charge is 0.375 e. The van der Waals surface area contributed by atoms with Crippen LogP contribution in [0.3, 0.4) is 0 Å². The average Bonchev–Trinajstić information content (AvgIpc) is 2.35. The van der Waals surface area contributed by atoms with Gasteiger partial charge in [-0.15, -0.1) is 0 Å². The van der Waals surface area contributed by atoms with Crippen LogP contribution >= 0.6 is 0 Å². The van der Waals surface area contributed by atoms with Crippen LogP contribution in [0.1, 0.15) is 6.42 Å². The highest BCUT2D eigenvalue weighted by molar-refractivity contribution is 7.88. The number of hydrogen-bond acceptors (Lipinski definition) is 5. The zero-order valence-electron chi connectivity index (χ0n) is 12.6. The molecule has 1 aliphatic rings. The standard InChI is InChI=1S/C12H25N3O4S/c1-14(2)11-8-15(20(4,17)18)6-5-10(11)7-13-12(16)9-19-3/h10-11H,5-9H2,1-4H3,(H,13,16)/t10-,11-/m1/s1. The third kappa shape index (κ3) is 5.01. The molecule has 0 aliphatic carbocycles. The summed E-state index contributed by atoms with van der Waals surface area (Å²) in [7, 11) is 2.18. The first-order chi connectivity index (χ1) is 9.25. The van der Waals surface area contributed by atoms with Crippen LogP contribution in [0.25, 0.3) is 0 Å². The SMILES string of the molecule is COCC(=O)NC[C@H]1CCN(S(C)(=O)=O)C[C@H]1N(C)C. The number of piperidine rings is 1. The van der Waals surface area contributed by atoms with E-state index in [-0.39, 0.29) is 24.5 Å². The van der Waals surface area contributed by atoms with Crippen molar-refractivity contribution in [3.05, 3.63) is 0 Å². The van der Waals surface area contributed by atoms with E-state index in [1.54, 1.807) is 0 Å². The van der Waals surface area contributed by atoms with E-state index in [0.717, 1.165) is 6.42 Å². The van der Waals surface area contributed by atoms with E-state index in [1.165, 1.54) is 17.7 Å². The van der Waals surface area contributed by atoms with Crippen LogP contribution in [0.15, 0.2) is 0 Å². The summed E-state index contributed by atoms with van der Waals surface area (Å²) >= 11 is 0. The maximum Gasteiger partial charge on any atom is 0.245 e. The zero-order valence-corrected chi connectivity index (χ0v) is 13.4. The Labute approximate surface area is 121 Å². The quantitative estimate of drug-likeness (QED) is 0.678. The van der Waals surface area contributed by atoms with Gasteiger partial charge in [-0.2, -0.15) is 0 Å². The smallest absolute Gasteiger partial charge is 0.245 e. The van der Waals surface area contributed by atoms with Crippen molar-refractivity contribution in [2.45, 2.75) is 12.5 Å². The minimum Gasteiger partial charge on any atom is -0.375 e. The highest BCUT2D eigenvalue weighted by atomic mass is 32.2. The van der Waals surface area contributed by atoms with Crippen molar-refractivity contribution in [1.82, 2.24) is 14.5 Å². The van der Waals surface area contributed by atoms with Crippen LogP contribution in [0.5, 0.6) is 0 Å². The Morgan fingerprint density at radius 2 is 2.10 bits per heavy atom. The van der Waals surface area contributed by atoms with Gasteiger partial charge in [-0.1, -0.05) is 0 Å². The molecule has 0 bridgehead atoms. The summed E-state index contributed by atoms with van der Waals surface area (Å²) < 4.78 is 29.5. The third-order valence-corrected chi connectivity index (χ3v) is 4.92. The molecule has 1 heterocycles. The number of nitrogens with zero attached hydrogens (tertiary/aromatic N) is 2. The van der Waals surface area contributed by atoms with Crippen molar-refractivity contribution >= 4 is 15.9 Å². The van der Waals surface area contributed by atoms with E-state index >= 15 is 0 Å². The summed E-state index contributed by atoms with van der Waals surface area (Å²) in [5.74, 6) is 0.0966. The molecule has 1 N–H and O–H groups in total. The number of nitrogens with one attached hydrogen (secondary N) is 1. The number of sulfonamides is 1. The van der Waals surface area contributed by atoms with E-state index in [4.69, 9.17) is 4.74 Å². The lowest BCUT2D eigenvalue weighted by atomic mass is 9.92. The minimum absolute atomic E-state index is 0.0504. The van der Waals surface area contributed by atoms with E-state index in [0.29, 0.717) is 19.6 Å². The van der Waals surface area contributed by atoms with Crippen molar-refractivity contribution in [2.24, 2.45) is 5.92 Å². The van der Waals surface area contributed by atoms with Crippen molar-refractivity contribution in [2.75, 3.05) is 53.7 Å². The number of rotatable bonds is 6. The van der Waals surface area contributed by atoms with Crippen molar-refractivity contribution < 1.29 is 17.9 Å². The van der Waals surface area contributed by atoms with E-state index in [2.05, 4.69) is 5.32 Å². The van der Waals surface area contributed by atoms with Crippen LogP contribution in [-0.4, -0.2) is 83.3 Å². The fourth-order valence-corrected chi connectivity index (χ4v) is 3.36. The van der Waals surface area contributed by atoms with Crippen LogP contribution in [0.2, 0.25) is 0 Å². The van der Waals surface area contributed by atoms with Gasteiger partial charge in [-0.3, -0.25) is 4.79 Å². The molecule has 20 heavy (non-hydrogen) atoms. The molecule has 0 aromatic carbocycles. The number of carbonyl (C=O) groups excluding carboxylic acids is 1. The second-order valence-electron chi connectivity index (χ2n) is 5.44. The maximum absolute atomic E-state index is 11.6. The molecule has 1 saturated heterocycles. The minimum atomic E-state index is -3.16. The second kappa shape index (κ2) is 7.35. The molecule has 1 aliphatic heterocycles. The van der Waals surface area contributed by atoms with E-state index in [1.807, 2.05) is 19.0 Å². The number of ether oxygens (including phenoxy) is 1. The summed E-state index contributed by atoms with van der Waals surface area (Å²) in [6.07, 6.45) is 1.98. The zero-order chi connectivity index (χ0) is 15.3. The molecule has 2 atom stereocenters. The van der Waals surface area contributed by atoms with Gasteiger partial charge in [0.1, 0.15) is 6.61 Å². The molecule has 1 rings (SSSR count). The highest BCUT2D eigenvalue weighted by Gasteiger charge is 2.34. The summed E-state index contributed by atoms with van der Waals surface area (Å²) in [6, 6.07) is 0.0984. The Bertz CT molecular complexity index is 424. The lowest BCUT2D eigenvalue weighted by Crippen LogP contribution is -2.54. The van der Waals surface area contributed by atoms with Crippen LogP contribution in [-0.2, 0) is 19.6 Å². The van der Waals surface area contributed by atoms with Gasteiger partial charge in [0.15, 0.2) is 0 Å². The molecule has 8 heteroatoms. The predicted molar refractivity (Wildman–Crippen MR) is 76.9 cm³/mol. The van der Waals surface area contributed by atoms with E-state index in [9.17, 15) is 13.2 Å². The Kier molecular flexibility index (Phi) is 6.38. The van der Waals surface area contributed by atoms with Gasteiger partial charge in [0.05, 0.1) is 6.26 Å². The summed E-state index contributed by atoms with van der Waals surface area (Å²) in [6.45, 7) is 1.57. The molecule has 1 amide bonds. The summed E-state index contributed by atoms with van der Waals surface area (Å²) in [5.41, 5.74) is 0. The first-order valence-electron chi connectivity index (χ1n) is 6.63. The molecule has 0 aromatic rings. The highest BCUT2D eigenvalue weighted by Crippen LogP contribution is 2.22. The number of hydrogen-bond donors (Lipinski definition) is 1. The first-order valence-corrected chi connectivity index (χ1v) is 8.47. The monoisotopic (exact) mass is 307 g/mol. The molecule has 1 fully saturated rings. The fourth-order valence-electron chi connectivity index (χ4n) is 2.50. The van der Waals surface area contributed by atoms with Crippen molar-refractivity contribution in [3.8, 4) is 0 Å². The molecule has 0 aromatic heterocycles. The molecule has 0 spiro atoms.